The van der Waals surface area contributed by atoms with Gasteiger partial charge in [0.05, 0.1) is 23.7 Å². The lowest BCUT2D eigenvalue weighted by Gasteiger charge is -2.24. The van der Waals surface area contributed by atoms with Crippen molar-refractivity contribution in [1.82, 2.24) is 10.1 Å². The van der Waals surface area contributed by atoms with Crippen LogP contribution in [0, 0.1) is 13.8 Å². The van der Waals surface area contributed by atoms with E-state index in [0.717, 1.165) is 47.7 Å². The second-order valence-corrected chi connectivity index (χ2v) is 8.15. The fourth-order valence-electron chi connectivity index (χ4n) is 3.69. The van der Waals surface area contributed by atoms with Crippen LogP contribution in [-0.4, -0.2) is 22.5 Å². The second kappa shape index (κ2) is 8.19. The Labute approximate surface area is 168 Å². The van der Waals surface area contributed by atoms with E-state index in [9.17, 15) is 4.79 Å². The highest BCUT2D eigenvalue weighted by molar-refractivity contribution is 7.10. The largest absolute Gasteiger partial charge is 0.489 e. The number of amides is 1. The molecule has 1 aromatic carbocycles. The molecule has 6 heteroatoms. The highest BCUT2D eigenvalue weighted by Gasteiger charge is 2.30. The molecular weight excluding hydrogens is 372 g/mol. The van der Waals surface area contributed by atoms with E-state index in [4.69, 9.17) is 9.26 Å². The number of thiophene rings is 1. The van der Waals surface area contributed by atoms with Crippen LogP contribution < -0.4 is 4.74 Å². The zero-order valence-electron chi connectivity index (χ0n) is 16.2. The molecule has 1 atom stereocenters. The van der Waals surface area contributed by atoms with Gasteiger partial charge >= 0.3 is 0 Å². The topological polar surface area (TPSA) is 55.6 Å². The van der Waals surface area contributed by atoms with Gasteiger partial charge in [0, 0.05) is 11.4 Å². The van der Waals surface area contributed by atoms with Gasteiger partial charge in [0.15, 0.2) is 0 Å². The van der Waals surface area contributed by atoms with Crippen molar-refractivity contribution >= 4 is 17.2 Å². The first-order chi connectivity index (χ1) is 13.6. The molecule has 0 saturated carbocycles. The molecule has 0 N–H and O–H groups in total. The predicted octanol–water partition coefficient (Wildman–Crippen LogP) is 4.84. The number of carbonyl (C=O) groups excluding carboxylic acids is 1. The van der Waals surface area contributed by atoms with Gasteiger partial charge in [-0.3, -0.25) is 4.79 Å². The number of carbonyl (C=O) groups is 1. The van der Waals surface area contributed by atoms with Gasteiger partial charge in [0.25, 0.3) is 0 Å². The molecule has 146 valence electrons. The van der Waals surface area contributed by atoms with E-state index in [-0.39, 0.29) is 11.9 Å². The molecule has 0 radical (unpaired) electrons. The third-order valence-corrected chi connectivity index (χ3v) is 6.26. The van der Waals surface area contributed by atoms with E-state index in [2.05, 4.69) is 22.7 Å². The average Bonchev–Trinajstić information content (AvgIpc) is 3.43. The molecule has 5 nitrogen and oxygen atoms in total. The van der Waals surface area contributed by atoms with Crippen molar-refractivity contribution < 1.29 is 14.1 Å². The molecule has 3 heterocycles. The lowest BCUT2D eigenvalue weighted by Crippen LogP contribution is -2.31. The summed E-state index contributed by atoms with van der Waals surface area (Å²) in [7, 11) is 0. The molecule has 0 aliphatic carbocycles. The van der Waals surface area contributed by atoms with E-state index in [1.165, 1.54) is 4.88 Å². The van der Waals surface area contributed by atoms with Gasteiger partial charge in [0.1, 0.15) is 18.1 Å². The maximum atomic E-state index is 12.8. The van der Waals surface area contributed by atoms with Gasteiger partial charge in [-0.05, 0) is 55.8 Å². The molecular formula is C22H24N2O3S. The van der Waals surface area contributed by atoms with Crippen LogP contribution in [0.5, 0.6) is 5.75 Å². The highest BCUT2D eigenvalue weighted by Crippen LogP contribution is 2.34. The van der Waals surface area contributed by atoms with Crippen LogP contribution in [0.4, 0.5) is 0 Å². The fourth-order valence-corrected chi connectivity index (χ4v) is 4.56. The Bertz CT molecular complexity index is 912. The number of ether oxygens (including phenoxy) is 1. The Hall–Kier alpha value is -2.60. The normalized spacial score (nSPS) is 16.5. The summed E-state index contributed by atoms with van der Waals surface area (Å²) >= 11 is 1.73. The van der Waals surface area contributed by atoms with E-state index in [1.807, 2.05) is 43.0 Å². The standard InChI is InChI=1S/C22H24N2O3S/c1-15-19(16(2)27-23-15)14-26-18-9-7-17(8-10-18)13-22(25)24-11-3-5-20(24)21-6-4-12-28-21/h4,6-10,12,20H,3,5,11,13-14H2,1-2H3/t20-/m1/s1. The number of likely N-dealkylation sites (tertiary alicyclic amines) is 1. The van der Waals surface area contributed by atoms with Crippen LogP contribution in [0.3, 0.4) is 0 Å². The van der Waals surface area contributed by atoms with E-state index in [1.54, 1.807) is 11.3 Å². The predicted molar refractivity (Wildman–Crippen MR) is 108 cm³/mol. The molecule has 1 aliphatic heterocycles. The van der Waals surface area contributed by atoms with E-state index >= 15 is 0 Å². The third kappa shape index (κ3) is 3.97. The van der Waals surface area contributed by atoms with Crippen molar-refractivity contribution in [1.29, 1.82) is 0 Å². The molecule has 3 aromatic rings. The number of aryl methyl sites for hydroxylation is 2. The smallest absolute Gasteiger partial charge is 0.227 e. The summed E-state index contributed by atoms with van der Waals surface area (Å²) in [4.78, 5) is 16.2. The van der Waals surface area contributed by atoms with Gasteiger partial charge in [-0.1, -0.05) is 23.4 Å². The first-order valence-corrected chi connectivity index (χ1v) is 10.5. The number of benzene rings is 1. The zero-order valence-corrected chi connectivity index (χ0v) is 17.0. The highest BCUT2D eigenvalue weighted by atomic mass is 32.1. The van der Waals surface area contributed by atoms with Crippen molar-refractivity contribution in [2.75, 3.05) is 6.54 Å². The van der Waals surface area contributed by atoms with Crippen molar-refractivity contribution in [3.63, 3.8) is 0 Å². The van der Waals surface area contributed by atoms with Gasteiger partial charge in [-0.15, -0.1) is 11.3 Å². The van der Waals surface area contributed by atoms with Crippen LogP contribution in [0.1, 0.15) is 46.3 Å². The van der Waals surface area contributed by atoms with E-state index in [0.29, 0.717) is 13.0 Å². The first-order valence-electron chi connectivity index (χ1n) is 9.58. The monoisotopic (exact) mass is 396 g/mol. The number of hydrogen-bond donors (Lipinski definition) is 0. The Kier molecular flexibility index (Phi) is 5.48. The van der Waals surface area contributed by atoms with Gasteiger partial charge < -0.3 is 14.2 Å². The Balaban J connectivity index is 1.36. The molecule has 0 unspecified atom stereocenters. The summed E-state index contributed by atoms with van der Waals surface area (Å²) in [6, 6.07) is 12.2. The van der Waals surface area contributed by atoms with E-state index < -0.39 is 0 Å². The van der Waals surface area contributed by atoms with Crippen molar-refractivity contribution in [2.45, 2.75) is 45.8 Å². The molecule has 4 rings (SSSR count). The maximum Gasteiger partial charge on any atom is 0.227 e. The molecule has 0 bridgehead atoms. The second-order valence-electron chi connectivity index (χ2n) is 7.17. The number of rotatable bonds is 6. The minimum atomic E-state index is 0.195. The third-order valence-electron chi connectivity index (χ3n) is 5.29. The van der Waals surface area contributed by atoms with Gasteiger partial charge in [-0.25, -0.2) is 0 Å². The van der Waals surface area contributed by atoms with Gasteiger partial charge in [-0.2, -0.15) is 0 Å². The summed E-state index contributed by atoms with van der Waals surface area (Å²) in [5, 5.41) is 6.02. The Morgan fingerprint density at radius 2 is 2.11 bits per heavy atom. The molecule has 1 fully saturated rings. The van der Waals surface area contributed by atoms with Crippen LogP contribution in [-0.2, 0) is 17.8 Å². The minimum Gasteiger partial charge on any atom is -0.489 e. The van der Waals surface area contributed by atoms with Crippen LogP contribution in [0.15, 0.2) is 46.3 Å². The maximum absolute atomic E-state index is 12.8. The molecule has 0 spiro atoms. The molecule has 1 aliphatic rings. The minimum absolute atomic E-state index is 0.195. The summed E-state index contributed by atoms with van der Waals surface area (Å²) in [6.45, 7) is 5.07. The lowest BCUT2D eigenvalue weighted by molar-refractivity contribution is -0.131. The van der Waals surface area contributed by atoms with Crippen molar-refractivity contribution in [3.8, 4) is 5.75 Å². The molecule has 28 heavy (non-hydrogen) atoms. The van der Waals surface area contributed by atoms with Crippen LogP contribution in [0.25, 0.3) is 0 Å². The van der Waals surface area contributed by atoms with Crippen LogP contribution in [0.2, 0.25) is 0 Å². The fraction of sp³-hybridized carbons (Fsp3) is 0.364. The lowest BCUT2D eigenvalue weighted by atomic mass is 10.1. The number of hydrogen-bond acceptors (Lipinski definition) is 5. The Morgan fingerprint density at radius 1 is 1.29 bits per heavy atom. The van der Waals surface area contributed by atoms with Crippen molar-refractivity contribution in [2.24, 2.45) is 0 Å². The summed E-state index contributed by atoms with van der Waals surface area (Å²) < 4.78 is 11.0. The molecule has 2 aromatic heterocycles. The summed E-state index contributed by atoms with van der Waals surface area (Å²) in [5.41, 5.74) is 2.84. The van der Waals surface area contributed by atoms with Crippen molar-refractivity contribution in [3.05, 3.63) is 69.2 Å². The number of aromatic nitrogens is 1. The zero-order chi connectivity index (χ0) is 19.5. The van der Waals surface area contributed by atoms with Gasteiger partial charge in [0.2, 0.25) is 5.91 Å². The van der Waals surface area contributed by atoms with Crippen LogP contribution >= 0.6 is 11.3 Å². The summed E-state index contributed by atoms with van der Waals surface area (Å²) in [6.07, 6.45) is 2.55. The number of nitrogens with zero attached hydrogens (tertiary/aromatic N) is 2. The summed E-state index contributed by atoms with van der Waals surface area (Å²) in [5.74, 6) is 1.75. The SMILES string of the molecule is Cc1noc(C)c1COc1ccc(CC(=O)N2CCC[C@@H]2c2cccs2)cc1. The Morgan fingerprint density at radius 3 is 2.79 bits per heavy atom. The average molecular weight is 397 g/mol. The molecule has 1 saturated heterocycles. The quantitative estimate of drug-likeness (QED) is 0.598. The first kappa shape index (κ1) is 18.7. The molecule has 1 amide bonds.